The molecule has 1 aromatic heterocycles. The maximum absolute atomic E-state index is 13.2. The van der Waals surface area contributed by atoms with Crippen molar-refractivity contribution in [2.45, 2.75) is 13.0 Å². The lowest BCUT2D eigenvalue weighted by Crippen LogP contribution is -2.37. The van der Waals surface area contributed by atoms with Crippen LogP contribution in [0.5, 0.6) is 11.5 Å². The summed E-state index contributed by atoms with van der Waals surface area (Å²) in [4.78, 5) is 19.8. The Bertz CT molecular complexity index is 970. The van der Waals surface area contributed by atoms with Crippen LogP contribution in [0.2, 0.25) is 0 Å². The summed E-state index contributed by atoms with van der Waals surface area (Å²) < 4.78 is 24.1. The molecule has 3 aromatic rings. The molecule has 2 heterocycles. The van der Waals surface area contributed by atoms with Crippen LogP contribution in [0, 0.1) is 11.7 Å². The number of ether oxygens (including phenoxy) is 2. The highest BCUT2D eigenvalue weighted by Crippen LogP contribution is 2.30. The molecule has 1 aliphatic rings. The summed E-state index contributed by atoms with van der Waals surface area (Å²) in [6.45, 7) is 0.576. The Labute approximate surface area is 149 Å². The third-order valence-electron chi connectivity index (χ3n) is 4.47. The number of rotatable bonds is 4. The van der Waals surface area contributed by atoms with Crippen LogP contribution in [0.4, 0.5) is 4.39 Å². The number of halogens is 1. The van der Waals surface area contributed by atoms with Gasteiger partial charge in [-0.1, -0.05) is 0 Å². The second-order valence-electron chi connectivity index (χ2n) is 6.25. The first-order valence-corrected chi connectivity index (χ1v) is 8.34. The summed E-state index contributed by atoms with van der Waals surface area (Å²) in [5, 5.41) is 2.87. The number of carbonyl (C=O) groups is 1. The second-order valence-corrected chi connectivity index (χ2v) is 6.25. The van der Waals surface area contributed by atoms with Crippen LogP contribution in [0.25, 0.3) is 11.0 Å². The van der Waals surface area contributed by atoms with E-state index in [0.717, 1.165) is 17.1 Å². The highest BCUT2D eigenvalue weighted by molar-refractivity contribution is 5.80. The second kappa shape index (κ2) is 6.67. The van der Waals surface area contributed by atoms with E-state index >= 15 is 0 Å². The predicted octanol–water partition coefficient (Wildman–Crippen LogP) is 2.58. The van der Waals surface area contributed by atoms with Gasteiger partial charge in [-0.05, 0) is 48.4 Å². The zero-order chi connectivity index (χ0) is 18.1. The van der Waals surface area contributed by atoms with Gasteiger partial charge in [-0.15, -0.1) is 0 Å². The molecule has 1 atom stereocenters. The highest BCUT2D eigenvalue weighted by atomic mass is 19.1. The fraction of sp³-hybridized carbons (Fsp3) is 0.263. The largest absolute Gasteiger partial charge is 0.497 e. The summed E-state index contributed by atoms with van der Waals surface area (Å²) in [5.41, 5.74) is 2.23. The topological polar surface area (TPSA) is 76.2 Å². The minimum atomic E-state index is -0.329. The van der Waals surface area contributed by atoms with Crippen molar-refractivity contribution in [2.75, 3.05) is 13.7 Å². The predicted molar refractivity (Wildman–Crippen MR) is 93.6 cm³/mol. The van der Waals surface area contributed by atoms with Gasteiger partial charge >= 0.3 is 0 Å². The molecule has 0 saturated carbocycles. The minimum Gasteiger partial charge on any atom is -0.497 e. The van der Waals surface area contributed by atoms with Gasteiger partial charge in [0.15, 0.2) is 0 Å². The molecule has 26 heavy (non-hydrogen) atoms. The van der Waals surface area contributed by atoms with Gasteiger partial charge in [-0.3, -0.25) is 4.79 Å². The van der Waals surface area contributed by atoms with Gasteiger partial charge in [-0.25, -0.2) is 9.37 Å². The number of methoxy groups -OCH3 is 1. The number of imidazole rings is 1. The van der Waals surface area contributed by atoms with Crippen molar-refractivity contribution in [1.82, 2.24) is 15.3 Å². The van der Waals surface area contributed by atoms with E-state index in [4.69, 9.17) is 9.47 Å². The number of aromatic amines is 1. The van der Waals surface area contributed by atoms with Gasteiger partial charge in [0.1, 0.15) is 29.7 Å². The number of fused-ring (bicyclic) bond motifs is 2. The van der Waals surface area contributed by atoms with E-state index in [1.807, 2.05) is 18.2 Å². The lowest BCUT2D eigenvalue weighted by atomic mass is 9.96. The molecule has 2 aromatic carbocycles. The van der Waals surface area contributed by atoms with E-state index in [1.165, 1.54) is 12.1 Å². The van der Waals surface area contributed by atoms with Gasteiger partial charge < -0.3 is 19.8 Å². The van der Waals surface area contributed by atoms with Gasteiger partial charge in [0.05, 0.1) is 30.6 Å². The molecule has 0 fully saturated rings. The van der Waals surface area contributed by atoms with Crippen LogP contribution in [0.15, 0.2) is 36.4 Å². The zero-order valence-electron chi connectivity index (χ0n) is 14.2. The van der Waals surface area contributed by atoms with E-state index in [9.17, 15) is 9.18 Å². The Morgan fingerprint density at radius 1 is 1.38 bits per heavy atom. The van der Waals surface area contributed by atoms with E-state index in [-0.39, 0.29) is 24.2 Å². The molecule has 0 radical (unpaired) electrons. The number of H-pyrrole nitrogens is 1. The lowest BCUT2D eigenvalue weighted by molar-refractivity contribution is -0.126. The molecular weight excluding hydrogens is 337 g/mol. The molecule has 0 saturated heterocycles. The SMILES string of the molecule is COc1ccc2c(c1)C[C@H](C(=O)NCc1nc3ccc(F)cc3[nH]1)CO2. The quantitative estimate of drug-likeness (QED) is 0.754. The number of nitrogens with zero attached hydrogens (tertiary/aromatic N) is 1. The van der Waals surface area contributed by atoms with Crippen molar-refractivity contribution in [3.8, 4) is 11.5 Å². The van der Waals surface area contributed by atoms with Crippen LogP contribution in [-0.4, -0.2) is 29.6 Å². The van der Waals surface area contributed by atoms with Gasteiger partial charge in [0, 0.05) is 0 Å². The Balaban J connectivity index is 1.41. The Morgan fingerprint density at radius 2 is 2.27 bits per heavy atom. The molecule has 0 aliphatic carbocycles. The van der Waals surface area contributed by atoms with Crippen LogP contribution in [0.1, 0.15) is 11.4 Å². The Hall–Kier alpha value is -3.09. The fourth-order valence-corrected chi connectivity index (χ4v) is 3.10. The standard InChI is InChI=1S/C19H18FN3O3/c1-25-14-3-5-17-11(7-14)6-12(10-26-17)19(24)21-9-18-22-15-4-2-13(20)8-16(15)23-18/h2-5,7-8,12H,6,9-10H2,1H3,(H,21,24)(H,22,23)/t12-/m0/s1. The number of hydrogen-bond acceptors (Lipinski definition) is 4. The molecule has 134 valence electrons. The zero-order valence-corrected chi connectivity index (χ0v) is 14.2. The third kappa shape index (κ3) is 3.20. The molecule has 2 N–H and O–H groups in total. The average Bonchev–Trinajstić information content (AvgIpc) is 3.07. The average molecular weight is 355 g/mol. The van der Waals surface area contributed by atoms with Crippen LogP contribution in [0.3, 0.4) is 0 Å². The van der Waals surface area contributed by atoms with Crippen molar-refractivity contribution < 1.29 is 18.7 Å². The summed E-state index contributed by atoms with van der Waals surface area (Å²) >= 11 is 0. The van der Waals surface area contributed by atoms with Gasteiger partial charge in [0.2, 0.25) is 5.91 Å². The molecule has 0 spiro atoms. The first kappa shape index (κ1) is 16.4. The lowest BCUT2D eigenvalue weighted by Gasteiger charge is -2.24. The molecule has 0 bridgehead atoms. The first-order chi connectivity index (χ1) is 12.6. The summed E-state index contributed by atoms with van der Waals surface area (Å²) in [5.74, 6) is 1.39. The highest BCUT2D eigenvalue weighted by Gasteiger charge is 2.26. The van der Waals surface area contributed by atoms with Crippen molar-refractivity contribution in [3.63, 3.8) is 0 Å². The normalized spacial score (nSPS) is 16.0. The van der Waals surface area contributed by atoms with Crippen molar-refractivity contribution in [2.24, 2.45) is 5.92 Å². The van der Waals surface area contributed by atoms with Crippen LogP contribution in [-0.2, 0) is 17.8 Å². The Kier molecular flexibility index (Phi) is 4.20. The molecular formula is C19H18FN3O3. The molecule has 4 rings (SSSR count). The third-order valence-corrected chi connectivity index (χ3v) is 4.47. The first-order valence-electron chi connectivity index (χ1n) is 8.34. The Morgan fingerprint density at radius 3 is 3.12 bits per heavy atom. The smallest absolute Gasteiger partial charge is 0.227 e. The van der Waals surface area contributed by atoms with E-state index in [2.05, 4.69) is 15.3 Å². The fourth-order valence-electron chi connectivity index (χ4n) is 3.10. The van der Waals surface area contributed by atoms with Crippen LogP contribution < -0.4 is 14.8 Å². The van der Waals surface area contributed by atoms with Crippen LogP contribution >= 0.6 is 0 Å². The number of amides is 1. The molecule has 1 aliphatic heterocycles. The molecule has 6 nitrogen and oxygen atoms in total. The molecule has 1 amide bonds. The number of nitrogens with one attached hydrogen (secondary N) is 2. The summed E-state index contributed by atoms with van der Waals surface area (Å²) in [6.07, 6.45) is 0.587. The van der Waals surface area contributed by atoms with E-state index in [1.54, 1.807) is 13.2 Å². The van der Waals surface area contributed by atoms with Crippen molar-refractivity contribution in [3.05, 3.63) is 53.6 Å². The monoisotopic (exact) mass is 355 g/mol. The summed E-state index contributed by atoms with van der Waals surface area (Å²) in [7, 11) is 1.61. The molecule has 0 unspecified atom stereocenters. The number of aromatic nitrogens is 2. The van der Waals surface area contributed by atoms with Gasteiger partial charge in [-0.2, -0.15) is 0 Å². The van der Waals surface area contributed by atoms with E-state index < -0.39 is 0 Å². The van der Waals surface area contributed by atoms with Crippen molar-refractivity contribution >= 4 is 16.9 Å². The maximum Gasteiger partial charge on any atom is 0.227 e. The molecule has 7 heteroatoms. The number of benzene rings is 2. The number of carbonyl (C=O) groups excluding carboxylic acids is 1. The van der Waals surface area contributed by atoms with Gasteiger partial charge in [0.25, 0.3) is 0 Å². The summed E-state index contributed by atoms with van der Waals surface area (Å²) in [6, 6.07) is 9.93. The van der Waals surface area contributed by atoms with E-state index in [0.29, 0.717) is 29.9 Å². The minimum absolute atomic E-state index is 0.106. The maximum atomic E-state index is 13.2. The van der Waals surface area contributed by atoms with Crippen molar-refractivity contribution in [1.29, 1.82) is 0 Å². The number of hydrogen-bond donors (Lipinski definition) is 2.